The number of benzene rings is 6. The van der Waals surface area contributed by atoms with Crippen molar-refractivity contribution in [2.45, 2.75) is 110 Å². The number of fused-ring (bicyclic) bond motifs is 1. The Labute approximate surface area is 457 Å². The number of hydrogen-bond donors (Lipinski definition) is 0. The molecule has 0 spiro atoms. The highest BCUT2D eigenvalue weighted by Crippen LogP contribution is 2.31. The van der Waals surface area contributed by atoms with Crippen molar-refractivity contribution in [2.24, 2.45) is 0 Å². The molecule has 0 saturated heterocycles. The Kier molecular flexibility index (Phi) is 22.0. The number of hydrogen-bond acceptors (Lipinski definition) is 1. The van der Waals surface area contributed by atoms with Gasteiger partial charge < -0.3 is 0 Å². The minimum absolute atomic E-state index is 0.141. The van der Waals surface area contributed by atoms with Gasteiger partial charge in [0.05, 0.1) is 5.39 Å². The van der Waals surface area contributed by atoms with Crippen LogP contribution in [0.25, 0.3) is 16.8 Å². The summed E-state index contributed by atoms with van der Waals surface area (Å²) in [5.41, 5.74) is -12.4. The largest absolute Gasteiger partial charge is 0.287 e. The first kappa shape index (κ1) is 64.0. The number of ketones is 1. The zero-order valence-electron chi connectivity index (χ0n) is 43.3. The van der Waals surface area contributed by atoms with Crippen LogP contribution in [0.3, 0.4) is 0 Å². The minimum atomic E-state index is -7.22. The summed E-state index contributed by atoms with van der Waals surface area (Å²) in [6.07, 6.45) is 19.9. The fourth-order valence-corrected chi connectivity index (χ4v) is 10.0. The van der Waals surface area contributed by atoms with Crippen LogP contribution in [0.15, 0.2) is 72.9 Å². The van der Waals surface area contributed by atoms with Gasteiger partial charge in [0.15, 0.2) is 76.0 Å². The van der Waals surface area contributed by atoms with Gasteiger partial charge in [-0.25, -0.2) is 87.8 Å². The van der Waals surface area contributed by atoms with E-state index in [0.29, 0.717) is 6.54 Å². The van der Waals surface area contributed by atoms with Crippen molar-refractivity contribution in [3.8, 4) is 0 Å². The van der Waals surface area contributed by atoms with Gasteiger partial charge >= 0.3 is 0 Å². The van der Waals surface area contributed by atoms with Crippen LogP contribution in [0, 0.1) is 116 Å². The zero-order chi connectivity index (χ0) is 60.3. The molecule has 0 fully saturated rings. The number of halogens is 20. The fraction of sp³-hybridized carbons (Fsp3) is 0.288. The molecule has 0 aliphatic heterocycles. The molecule has 6 aromatic carbocycles. The van der Waals surface area contributed by atoms with E-state index < -0.39 is 144 Å². The number of allylic oxidation sites excluding steroid dienone is 1. The topological polar surface area (TPSA) is 20.9 Å². The molecule has 0 saturated carbocycles. The van der Waals surface area contributed by atoms with Gasteiger partial charge in [-0.2, -0.15) is 4.57 Å². The highest BCUT2D eigenvalue weighted by Gasteiger charge is 2.52. The van der Waals surface area contributed by atoms with Gasteiger partial charge in [0.2, 0.25) is 18.0 Å². The second-order valence-electron chi connectivity index (χ2n) is 19.3. The van der Waals surface area contributed by atoms with Crippen molar-refractivity contribution in [3.63, 3.8) is 0 Å². The highest BCUT2D eigenvalue weighted by molar-refractivity contribution is 7.20. The molecule has 2 nitrogen and oxygen atoms in total. The standard InChI is InChI=1S/C35H48NO.C24BF20/c1-2-3-4-5-6-7-8-9-10-11-12-13-14-15-16-20-27-34-33-26-22-21-23-31(33)28-29-36(34)30-35(37)32-24-18-17-19-25-32;26-5-1(6(27)14(35)21(42)13(5)34)25(2-7(28)15(36)22(43)16(37)8(2)29,3-9(30)17(38)23(44)18(39)10(3)31)4-11(32)19(40)24(45)20(41)12(4)33/h17-29H,2-16,30H2,1H3;/q+1;-1. The zero-order valence-corrected chi connectivity index (χ0v) is 43.3. The second kappa shape index (κ2) is 28.2. The minimum Gasteiger partial charge on any atom is -0.287 e. The van der Waals surface area contributed by atoms with E-state index in [9.17, 15) is 57.5 Å². The van der Waals surface area contributed by atoms with Crippen LogP contribution in [0.4, 0.5) is 87.8 Å². The molecular weight excluding hydrogens is 1130 g/mol. The van der Waals surface area contributed by atoms with Gasteiger partial charge in [-0.3, -0.25) is 4.79 Å². The van der Waals surface area contributed by atoms with E-state index in [2.05, 4.69) is 60.2 Å². The van der Waals surface area contributed by atoms with Crippen LogP contribution in [0.1, 0.15) is 119 Å². The van der Waals surface area contributed by atoms with Crippen molar-refractivity contribution in [1.82, 2.24) is 0 Å². The molecule has 1 heterocycles. The van der Waals surface area contributed by atoms with Crippen molar-refractivity contribution >= 4 is 50.6 Å². The smallest absolute Gasteiger partial charge is 0.227 e. The molecule has 438 valence electrons. The highest BCUT2D eigenvalue weighted by atomic mass is 19.2. The third-order valence-electron chi connectivity index (χ3n) is 14.1. The average Bonchev–Trinajstić information content (AvgIpc) is 2.46. The summed E-state index contributed by atoms with van der Waals surface area (Å²) in [5.74, 6) is -71.3. The quantitative estimate of drug-likeness (QED) is 0.0119. The number of Topliss-reactive ketones (excluding diaryl/α,β-unsaturated/α-hetero) is 1. The van der Waals surface area contributed by atoms with Gasteiger partial charge in [0.25, 0.3) is 0 Å². The van der Waals surface area contributed by atoms with E-state index in [1.54, 1.807) is 0 Å². The molecule has 0 radical (unpaired) electrons. The maximum atomic E-state index is 15.4. The molecule has 0 aliphatic carbocycles. The monoisotopic (exact) mass is 1180 g/mol. The Bertz CT molecular complexity index is 3100. The predicted molar refractivity (Wildman–Crippen MR) is 268 cm³/mol. The maximum Gasteiger partial charge on any atom is 0.227 e. The summed E-state index contributed by atoms with van der Waals surface area (Å²) in [6.45, 7) is 2.64. The number of carbonyl (C=O) groups is 1. The molecule has 1 aromatic heterocycles. The van der Waals surface area contributed by atoms with Gasteiger partial charge in [-0.15, -0.1) is 21.9 Å². The number of nitrogens with zero attached hydrogens (tertiary/aromatic N) is 1. The molecule has 82 heavy (non-hydrogen) atoms. The van der Waals surface area contributed by atoms with E-state index in [4.69, 9.17) is 0 Å². The summed E-state index contributed by atoms with van der Waals surface area (Å²) < 4.78 is 296. The summed E-state index contributed by atoms with van der Waals surface area (Å²) in [4.78, 5) is 12.9. The lowest BCUT2D eigenvalue weighted by Crippen LogP contribution is -2.81. The number of aromatic nitrogens is 1. The van der Waals surface area contributed by atoms with Crippen molar-refractivity contribution in [2.75, 3.05) is 0 Å². The molecule has 0 N–H and O–H groups in total. The van der Waals surface area contributed by atoms with Crippen LogP contribution >= 0.6 is 0 Å². The summed E-state index contributed by atoms with van der Waals surface area (Å²) in [5, 5.41) is 2.41. The summed E-state index contributed by atoms with van der Waals surface area (Å²) in [7, 11) is 0. The van der Waals surface area contributed by atoms with Crippen LogP contribution in [-0.2, 0) is 6.54 Å². The number of pyridine rings is 1. The molecule has 23 heteroatoms. The normalized spacial score (nSPS) is 11.8. The van der Waals surface area contributed by atoms with Crippen molar-refractivity contribution in [1.29, 1.82) is 0 Å². The van der Waals surface area contributed by atoms with E-state index in [0.717, 1.165) is 17.7 Å². The average molecular weight is 1180 g/mol. The predicted octanol–water partition coefficient (Wildman–Crippen LogP) is 15.7. The van der Waals surface area contributed by atoms with Crippen LogP contribution < -0.4 is 26.4 Å². The number of carbonyl (C=O) groups excluding carboxylic acids is 1. The van der Waals surface area contributed by atoms with Gasteiger partial charge in [-0.1, -0.05) is 145 Å². The molecule has 7 rings (SSSR count). The molecule has 0 unspecified atom stereocenters. The molecule has 7 aromatic rings. The van der Waals surface area contributed by atoms with Crippen molar-refractivity contribution in [3.05, 3.63) is 201 Å². The number of rotatable bonds is 23. The molecule has 0 amide bonds. The van der Waals surface area contributed by atoms with E-state index in [1.165, 1.54) is 101 Å². The molecule has 0 atom stereocenters. The fourth-order valence-electron chi connectivity index (χ4n) is 10.0. The Balaban J connectivity index is 0.000000269. The van der Waals surface area contributed by atoms with Gasteiger partial charge in [0.1, 0.15) is 52.7 Å². The van der Waals surface area contributed by atoms with E-state index in [-0.39, 0.29) is 5.78 Å². The van der Waals surface area contributed by atoms with Gasteiger partial charge in [0, 0.05) is 17.7 Å². The lowest BCUT2D eigenvalue weighted by Gasteiger charge is -2.44. The Morgan fingerprint density at radius 3 is 1.04 bits per heavy atom. The van der Waals surface area contributed by atoms with E-state index in [1.807, 2.05) is 30.3 Å². The molecule has 0 aliphatic rings. The van der Waals surface area contributed by atoms with E-state index >= 15 is 35.1 Å². The third-order valence-corrected chi connectivity index (χ3v) is 14.1. The molecule has 0 bridgehead atoms. The van der Waals surface area contributed by atoms with Crippen LogP contribution in [0.5, 0.6) is 0 Å². The third kappa shape index (κ3) is 12.9. The Hall–Kier alpha value is -7.20. The first-order valence-corrected chi connectivity index (χ1v) is 25.9. The van der Waals surface area contributed by atoms with Gasteiger partial charge in [-0.05, 0) is 24.3 Å². The SMILES string of the molecule is CCCCCCCCCCCCCCCCC=Cc1c2ccccc2cc[n+]1CC(=O)c1ccccc1.Fc1c(F)c(F)c([B-](c2c(F)c(F)c(F)c(F)c2F)(c2c(F)c(F)c(F)c(F)c2F)c2c(F)c(F)c(F)c(F)c2F)c(F)c1F. The lowest BCUT2D eigenvalue weighted by atomic mass is 9.12. The van der Waals surface area contributed by atoms with Crippen molar-refractivity contribution < 1.29 is 97.2 Å². The van der Waals surface area contributed by atoms with Crippen LogP contribution in [-0.4, -0.2) is 11.9 Å². The second-order valence-corrected chi connectivity index (χ2v) is 19.3. The first-order valence-electron chi connectivity index (χ1n) is 25.9. The Morgan fingerprint density at radius 1 is 0.378 bits per heavy atom. The molecular formula is C59H48BF20NO. The maximum absolute atomic E-state index is 15.4. The summed E-state index contributed by atoms with van der Waals surface area (Å²) >= 11 is 0. The van der Waals surface area contributed by atoms with Crippen LogP contribution in [0.2, 0.25) is 0 Å². The lowest BCUT2D eigenvalue weighted by molar-refractivity contribution is -0.683. The number of unbranched alkanes of at least 4 members (excludes halogenated alkanes) is 14. The first-order chi connectivity index (χ1) is 39.0. The Morgan fingerprint density at radius 2 is 0.683 bits per heavy atom. The summed E-state index contributed by atoms with van der Waals surface area (Å²) in [6, 6.07) is 20.2.